The summed E-state index contributed by atoms with van der Waals surface area (Å²) in [5, 5.41) is 7.50. The van der Waals surface area contributed by atoms with Gasteiger partial charge in [-0.1, -0.05) is 0 Å². The Bertz CT molecular complexity index is 575. The topological polar surface area (TPSA) is 44.9 Å². The molecule has 0 radical (unpaired) electrons. The Morgan fingerprint density at radius 2 is 2.06 bits per heavy atom. The molecule has 0 spiro atoms. The van der Waals surface area contributed by atoms with Crippen molar-refractivity contribution >= 4 is 15.9 Å². The van der Waals surface area contributed by atoms with Crippen LogP contribution < -0.4 is 4.74 Å². The average Bonchev–Trinajstić information content (AvgIpc) is 2.80. The van der Waals surface area contributed by atoms with Crippen LogP contribution in [0.1, 0.15) is 5.56 Å². The van der Waals surface area contributed by atoms with Crippen molar-refractivity contribution < 1.29 is 17.9 Å². The van der Waals surface area contributed by atoms with E-state index in [9.17, 15) is 13.2 Å². The number of aryl methyl sites for hydroxylation is 1. The van der Waals surface area contributed by atoms with Crippen LogP contribution in [0.15, 0.2) is 16.9 Å². The molecule has 0 saturated heterocycles. The van der Waals surface area contributed by atoms with Gasteiger partial charge in [-0.25, -0.2) is 9.36 Å². The Kier molecular flexibility index (Phi) is 3.09. The van der Waals surface area contributed by atoms with E-state index in [2.05, 4.69) is 30.9 Å². The van der Waals surface area contributed by atoms with Gasteiger partial charge in [-0.3, -0.25) is 0 Å². The molecule has 18 heavy (non-hydrogen) atoms. The molecule has 0 unspecified atom stereocenters. The standard InChI is InChI=1S/C9H8BrF3N4O/c1-16-8(17-4-5(10)3-14-17)6(9(11,12)13)7(15-16)18-2/h3-4H,1-2H3. The Labute approximate surface area is 108 Å². The number of aromatic nitrogens is 4. The molecule has 2 aromatic heterocycles. The predicted molar refractivity (Wildman–Crippen MR) is 59.6 cm³/mol. The van der Waals surface area contributed by atoms with E-state index in [1.165, 1.54) is 19.4 Å². The number of hydrogen-bond acceptors (Lipinski definition) is 3. The maximum Gasteiger partial charge on any atom is 0.425 e. The van der Waals surface area contributed by atoms with Crippen LogP contribution in [0.25, 0.3) is 5.82 Å². The van der Waals surface area contributed by atoms with Crippen LogP contribution in [0.4, 0.5) is 13.2 Å². The number of methoxy groups -OCH3 is 1. The van der Waals surface area contributed by atoms with Gasteiger partial charge in [0.25, 0.3) is 0 Å². The first-order chi connectivity index (χ1) is 8.34. The molecule has 0 aliphatic heterocycles. The molecule has 98 valence electrons. The number of nitrogens with zero attached hydrogens (tertiary/aromatic N) is 4. The summed E-state index contributed by atoms with van der Waals surface area (Å²) in [5.74, 6) is -0.684. The van der Waals surface area contributed by atoms with Crippen molar-refractivity contribution in [1.82, 2.24) is 19.6 Å². The van der Waals surface area contributed by atoms with Crippen LogP contribution in [0.3, 0.4) is 0 Å². The van der Waals surface area contributed by atoms with Crippen LogP contribution in [0, 0.1) is 0 Å². The summed E-state index contributed by atoms with van der Waals surface area (Å²) < 4.78 is 46.4. The summed E-state index contributed by atoms with van der Waals surface area (Å²) in [5.41, 5.74) is -0.955. The predicted octanol–water partition coefficient (Wildman–Crippen LogP) is 2.40. The molecule has 0 aromatic carbocycles. The molecule has 0 fully saturated rings. The third-order valence-electron chi connectivity index (χ3n) is 2.23. The maximum atomic E-state index is 13.0. The molecule has 0 bridgehead atoms. The summed E-state index contributed by atoms with van der Waals surface area (Å²) >= 11 is 3.13. The van der Waals surface area contributed by atoms with Crippen LogP contribution in [-0.2, 0) is 13.2 Å². The smallest absolute Gasteiger partial charge is 0.425 e. The molecule has 9 heteroatoms. The Morgan fingerprint density at radius 1 is 1.39 bits per heavy atom. The summed E-state index contributed by atoms with van der Waals surface area (Å²) in [6, 6.07) is 0. The largest absolute Gasteiger partial charge is 0.479 e. The van der Waals surface area contributed by atoms with Crippen molar-refractivity contribution in [3.63, 3.8) is 0 Å². The molecular formula is C9H8BrF3N4O. The van der Waals surface area contributed by atoms with Gasteiger partial charge in [0, 0.05) is 13.2 Å². The fourth-order valence-electron chi connectivity index (χ4n) is 1.56. The zero-order valence-corrected chi connectivity index (χ0v) is 10.9. The molecule has 2 heterocycles. The van der Waals surface area contributed by atoms with Crippen LogP contribution in [0.2, 0.25) is 0 Å². The molecule has 0 N–H and O–H groups in total. The fourth-order valence-corrected chi connectivity index (χ4v) is 1.85. The lowest BCUT2D eigenvalue weighted by Crippen LogP contribution is -2.12. The molecule has 0 amide bonds. The van der Waals surface area contributed by atoms with E-state index in [-0.39, 0.29) is 5.82 Å². The highest BCUT2D eigenvalue weighted by molar-refractivity contribution is 9.10. The number of rotatable bonds is 2. The third kappa shape index (κ3) is 2.09. The maximum absolute atomic E-state index is 13.0. The van der Waals surface area contributed by atoms with E-state index in [1.54, 1.807) is 0 Å². The van der Waals surface area contributed by atoms with E-state index in [0.717, 1.165) is 16.5 Å². The van der Waals surface area contributed by atoms with E-state index in [1.807, 2.05) is 0 Å². The van der Waals surface area contributed by atoms with E-state index in [4.69, 9.17) is 0 Å². The van der Waals surface area contributed by atoms with Gasteiger partial charge in [0.1, 0.15) is 0 Å². The molecule has 2 aromatic rings. The number of ether oxygens (including phenoxy) is 1. The van der Waals surface area contributed by atoms with E-state index in [0.29, 0.717) is 4.47 Å². The lowest BCUT2D eigenvalue weighted by molar-refractivity contribution is -0.138. The second-order valence-electron chi connectivity index (χ2n) is 3.43. The van der Waals surface area contributed by atoms with Crippen molar-refractivity contribution in [3.05, 3.63) is 22.4 Å². The Morgan fingerprint density at radius 3 is 2.50 bits per heavy atom. The minimum absolute atomic E-state index is 0.204. The van der Waals surface area contributed by atoms with Crippen molar-refractivity contribution in [3.8, 4) is 11.7 Å². The summed E-state index contributed by atoms with van der Waals surface area (Å²) in [7, 11) is 2.53. The number of hydrogen-bond donors (Lipinski definition) is 0. The first-order valence-electron chi connectivity index (χ1n) is 4.73. The highest BCUT2D eigenvalue weighted by Crippen LogP contribution is 2.39. The summed E-state index contributed by atoms with van der Waals surface area (Å²) in [6.07, 6.45) is -1.78. The summed E-state index contributed by atoms with van der Waals surface area (Å²) in [6.45, 7) is 0. The molecule has 0 aliphatic rings. The van der Waals surface area contributed by atoms with Gasteiger partial charge in [-0.15, -0.1) is 5.10 Å². The molecule has 2 rings (SSSR count). The normalized spacial score (nSPS) is 11.9. The monoisotopic (exact) mass is 324 g/mol. The fraction of sp³-hybridized carbons (Fsp3) is 0.333. The van der Waals surface area contributed by atoms with E-state index < -0.39 is 17.6 Å². The van der Waals surface area contributed by atoms with Gasteiger partial charge >= 0.3 is 6.18 Å². The van der Waals surface area contributed by atoms with Crippen LogP contribution in [0.5, 0.6) is 5.88 Å². The second kappa shape index (κ2) is 4.30. The molecule has 0 saturated carbocycles. The number of alkyl halides is 3. The highest BCUT2D eigenvalue weighted by Gasteiger charge is 2.41. The van der Waals surface area contributed by atoms with Gasteiger partial charge in [0.05, 0.1) is 17.8 Å². The quantitative estimate of drug-likeness (QED) is 0.852. The van der Waals surface area contributed by atoms with E-state index >= 15 is 0 Å². The zero-order chi connectivity index (χ0) is 13.5. The van der Waals surface area contributed by atoms with Gasteiger partial charge < -0.3 is 4.74 Å². The SMILES string of the molecule is COc1nn(C)c(-n2cc(Br)cn2)c1C(F)(F)F. The van der Waals surface area contributed by atoms with Crippen molar-refractivity contribution in [2.24, 2.45) is 7.05 Å². The van der Waals surface area contributed by atoms with Crippen molar-refractivity contribution in [2.75, 3.05) is 7.11 Å². The number of halogens is 4. The minimum Gasteiger partial charge on any atom is -0.479 e. The molecular weight excluding hydrogens is 317 g/mol. The minimum atomic E-state index is -4.58. The summed E-state index contributed by atoms with van der Waals surface area (Å²) in [4.78, 5) is 0. The Balaban J connectivity index is 2.70. The lowest BCUT2D eigenvalue weighted by atomic mass is 10.3. The highest BCUT2D eigenvalue weighted by atomic mass is 79.9. The average molecular weight is 325 g/mol. The first-order valence-corrected chi connectivity index (χ1v) is 5.52. The van der Waals surface area contributed by atoms with Gasteiger partial charge in [-0.2, -0.15) is 18.3 Å². The molecule has 0 atom stereocenters. The van der Waals surface area contributed by atoms with Crippen LogP contribution in [-0.4, -0.2) is 26.7 Å². The molecule has 5 nitrogen and oxygen atoms in total. The van der Waals surface area contributed by atoms with Crippen molar-refractivity contribution in [1.29, 1.82) is 0 Å². The van der Waals surface area contributed by atoms with Gasteiger partial charge in [0.2, 0.25) is 5.88 Å². The zero-order valence-electron chi connectivity index (χ0n) is 9.36. The Hall–Kier alpha value is -1.51. The second-order valence-corrected chi connectivity index (χ2v) is 4.35. The first kappa shape index (κ1) is 12.9. The molecule has 0 aliphatic carbocycles. The van der Waals surface area contributed by atoms with Crippen LogP contribution >= 0.6 is 15.9 Å². The van der Waals surface area contributed by atoms with Gasteiger partial charge in [0.15, 0.2) is 11.4 Å². The van der Waals surface area contributed by atoms with Crippen molar-refractivity contribution in [2.45, 2.75) is 6.18 Å². The lowest BCUT2D eigenvalue weighted by Gasteiger charge is -2.09. The van der Waals surface area contributed by atoms with Gasteiger partial charge in [-0.05, 0) is 15.9 Å². The third-order valence-corrected chi connectivity index (χ3v) is 2.64.